The number of hydrogen-bond donors (Lipinski definition) is 0. The van der Waals surface area contributed by atoms with E-state index in [0.29, 0.717) is 12.8 Å². The molecule has 0 fully saturated rings. The lowest BCUT2D eigenvalue weighted by Crippen LogP contribution is -2.10. The summed E-state index contributed by atoms with van der Waals surface area (Å²) in [6, 6.07) is 29.8. The molecule has 0 aliphatic carbocycles. The van der Waals surface area contributed by atoms with Crippen LogP contribution in [-0.2, 0) is 16.0 Å². The molecule has 0 aliphatic rings. The molecule has 0 atom stereocenters. The van der Waals surface area contributed by atoms with Crippen LogP contribution in [0.25, 0.3) is 10.4 Å². The van der Waals surface area contributed by atoms with Crippen LogP contribution in [-0.4, -0.2) is 13.1 Å². The molecule has 162 valence electrons. The maximum Gasteiger partial charge on any atom is 0.305 e. The number of halogens is 1. The summed E-state index contributed by atoms with van der Waals surface area (Å²) in [5.41, 5.74) is 6.81. The second-order valence-electron chi connectivity index (χ2n) is 7.56. The highest BCUT2D eigenvalue weighted by atomic mass is 79.9. The van der Waals surface area contributed by atoms with Crippen molar-refractivity contribution in [2.75, 3.05) is 12.0 Å². The molecule has 0 N–H and O–H groups in total. The van der Waals surface area contributed by atoms with Gasteiger partial charge < -0.3 is 9.64 Å². The molecular weight excluding hydrogens is 482 g/mol. The average Bonchev–Trinajstić information content (AvgIpc) is 3.26. The number of methoxy groups -OCH3 is 1. The molecular formula is C27H24BrNO2S. The summed E-state index contributed by atoms with van der Waals surface area (Å²) < 4.78 is 5.88. The van der Waals surface area contributed by atoms with Gasteiger partial charge in [0.1, 0.15) is 0 Å². The van der Waals surface area contributed by atoms with Gasteiger partial charge in [0.2, 0.25) is 0 Å². The quantitative estimate of drug-likeness (QED) is 0.238. The van der Waals surface area contributed by atoms with Crippen LogP contribution in [0, 0.1) is 6.92 Å². The molecule has 0 saturated heterocycles. The molecule has 0 aliphatic heterocycles. The molecule has 3 nitrogen and oxygen atoms in total. The Balaban J connectivity index is 1.65. The van der Waals surface area contributed by atoms with Gasteiger partial charge in [-0.05, 0) is 88.9 Å². The number of rotatable bonds is 7. The number of thiophene rings is 1. The molecule has 1 heterocycles. The Labute approximate surface area is 201 Å². The van der Waals surface area contributed by atoms with Gasteiger partial charge >= 0.3 is 5.97 Å². The summed E-state index contributed by atoms with van der Waals surface area (Å²) in [4.78, 5) is 14.9. The summed E-state index contributed by atoms with van der Waals surface area (Å²) in [5, 5.41) is 0. The maximum atomic E-state index is 11.5. The van der Waals surface area contributed by atoms with E-state index in [1.54, 1.807) is 11.3 Å². The van der Waals surface area contributed by atoms with Crippen molar-refractivity contribution in [3.8, 4) is 10.4 Å². The number of carbonyl (C=O) groups is 1. The number of nitrogens with zero attached hydrogens (tertiary/aromatic N) is 1. The van der Waals surface area contributed by atoms with E-state index in [4.69, 9.17) is 4.74 Å². The van der Waals surface area contributed by atoms with Crippen LogP contribution in [0.3, 0.4) is 0 Å². The Morgan fingerprint density at radius 2 is 1.41 bits per heavy atom. The minimum absolute atomic E-state index is 0.187. The average molecular weight is 506 g/mol. The van der Waals surface area contributed by atoms with Crippen molar-refractivity contribution in [3.05, 3.63) is 99.8 Å². The standard InChI is InChI=1S/C27H24BrNO2S/c1-19-3-10-22(11-4-19)29(23-12-5-20(6-13-23)7-18-27(30)31-2)24-14-8-21(9-15-24)25-16-17-26(28)32-25/h3-6,8-17H,7,18H2,1-2H3. The molecule has 0 saturated carbocycles. The van der Waals surface area contributed by atoms with Gasteiger partial charge in [0.25, 0.3) is 0 Å². The van der Waals surface area contributed by atoms with Crippen molar-refractivity contribution >= 4 is 50.3 Å². The second-order valence-corrected chi connectivity index (χ2v) is 10.0. The third-order valence-electron chi connectivity index (χ3n) is 5.32. The SMILES string of the molecule is COC(=O)CCc1ccc(N(c2ccc(C)cc2)c2ccc(-c3ccc(Br)s3)cc2)cc1. The van der Waals surface area contributed by atoms with Crippen molar-refractivity contribution in [3.63, 3.8) is 0 Å². The Morgan fingerprint density at radius 1 is 0.844 bits per heavy atom. The summed E-state index contributed by atoms with van der Waals surface area (Å²) >= 11 is 5.28. The van der Waals surface area contributed by atoms with Crippen molar-refractivity contribution in [2.24, 2.45) is 0 Å². The van der Waals surface area contributed by atoms with E-state index in [1.807, 2.05) is 0 Å². The lowest BCUT2D eigenvalue weighted by Gasteiger charge is -2.26. The third-order valence-corrected chi connectivity index (χ3v) is 6.99. The van der Waals surface area contributed by atoms with Gasteiger partial charge in [0, 0.05) is 28.4 Å². The number of esters is 1. The van der Waals surface area contributed by atoms with Crippen molar-refractivity contribution in [2.45, 2.75) is 19.8 Å². The Bertz CT molecular complexity index is 1180. The monoisotopic (exact) mass is 505 g/mol. The lowest BCUT2D eigenvalue weighted by atomic mass is 10.1. The van der Waals surface area contributed by atoms with Crippen LogP contribution >= 0.6 is 27.3 Å². The highest BCUT2D eigenvalue weighted by molar-refractivity contribution is 9.11. The molecule has 0 spiro atoms. The molecule has 1 aromatic heterocycles. The van der Waals surface area contributed by atoms with Crippen LogP contribution in [0.5, 0.6) is 0 Å². The summed E-state index contributed by atoms with van der Waals surface area (Å²) in [6.07, 6.45) is 1.06. The first-order valence-corrected chi connectivity index (χ1v) is 12.0. The van der Waals surface area contributed by atoms with Crippen molar-refractivity contribution in [1.82, 2.24) is 0 Å². The Morgan fingerprint density at radius 3 is 1.94 bits per heavy atom. The highest BCUT2D eigenvalue weighted by Gasteiger charge is 2.13. The maximum absolute atomic E-state index is 11.5. The highest BCUT2D eigenvalue weighted by Crippen LogP contribution is 2.37. The summed E-state index contributed by atoms with van der Waals surface area (Å²) in [7, 11) is 1.42. The summed E-state index contributed by atoms with van der Waals surface area (Å²) in [6.45, 7) is 2.10. The third kappa shape index (κ3) is 5.29. The number of hydrogen-bond acceptors (Lipinski definition) is 4. The van der Waals surface area contributed by atoms with Crippen LogP contribution in [0.2, 0.25) is 0 Å². The Hall–Kier alpha value is -2.89. The zero-order valence-electron chi connectivity index (χ0n) is 18.0. The minimum atomic E-state index is -0.187. The van der Waals surface area contributed by atoms with Crippen LogP contribution in [0.15, 0.2) is 88.7 Å². The summed E-state index contributed by atoms with van der Waals surface area (Å²) in [5.74, 6) is -0.187. The number of aryl methyl sites for hydroxylation is 2. The van der Waals surface area contributed by atoms with Gasteiger partial charge in [-0.1, -0.05) is 42.0 Å². The van der Waals surface area contributed by atoms with E-state index in [-0.39, 0.29) is 5.97 Å². The minimum Gasteiger partial charge on any atom is -0.469 e. The van der Waals surface area contributed by atoms with Crippen LogP contribution < -0.4 is 4.90 Å². The molecule has 5 heteroatoms. The molecule has 0 amide bonds. The predicted octanol–water partition coefficient (Wildman–Crippen LogP) is 8.06. The molecule has 0 radical (unpaired) electrons. The molecule has 4 rings (SSSR count). The van der Waals surface area contributed by atoms with Crippen molar-refractivity contribution < 1.29 is 9.53 Å². The molecule has 0 unspecified atom stereocenters. The van der Waals surface area contributed by atoms with E-state index in [0.717, 1.165) is 26.4 Å². The van der Waals surface area contributed by atoms with Gasteiger partial charge in [-0.3, -0.25) is 4.79 Å². The second kappa shape index (κ2) is 10.2. The number of benzene rings is 3. The molecule has 0 bridgehead atoms. The fourth-order valence-corrected chi connectivity index (χ4v) is 4.94. The van der Waals surface area contributed by atoms with Gasteiger partial charge in [-0.25, -0.2) is 0 Å². The van der Waals surface area contributed by atoms with E-state index < -0.39 is 0 Å². The predicted molar refractivity (Wildman–Crippen MR) is 137 cm³/mol. The Kier molecular flexibility index (Phi) is 7.08. The number of ether oxygens (including phenoxy) is 1. The van der Waals surface area contributed by atoms with E-state index in [1.165, 1.54) is 23.1 Å². The van der Waals surface area contributed by atoms with E-state index in [9.17, 15) is 4.79 Å². The van der Waals surface area contributed by atoms with Crippen molar-refractivity contribution in [1.29, 1.82) is 0 Å². The van der Waals surface area contributed by atoms with E-state index in [2.05, 4.69) is 113 Å². The van der Waals surface area contributed by atoms with Gasteiger partial charge in [0.15, 0.2) is 0 Å². The van der Waals surface area contributed by atoms with Gasteiger partial charge in [-0.2, -0.15) is 0 Å². The van der Waals surface area contributed by atoms with Gasteiger partial charge in [-0.15, -0.1) is 11.3 Å². The topological polar surface area (TPSA) is 29.5 Å². The zero-order chi connectivity index (χ0) is 22.5. The zero-order valence-corrected chi connectivity index (χ0v) is 20.4. The van der Waals surface area contributed by atoms with E-state index >= 15 is 0 Å². The smallest absolute Gasteiger partial charge is 0.305 e. The van der Waals surface area contributed by atoms with Crippen LogP contribution in [0.4, 0.5) is 17.1 Å². The number of anilines is 3. The fourth-order valence-electron chi connectivity index (χ4n) is 3.55. The first-order valence-electron chi connectivity index (χ1n) is 10.4. The first-order chi connectivity index (χ1) is 15.5. The molecule has 4 aromatic rings. The van der Waals surface area contributed by atoms with Gasteiger partial charge in [0.05, 0.1) is 10.9 Å². The first kappa shape index (κ1) is 22.3. The lowest BCUT2D eigenvalue weighted by molar-refractivity contribution is -0.140. The van der Waals surface area contributed by atoms with Crippen LogP contribution in [0.1, 0.15) is 17.5 Å². The molecule has 3 aromatic carbocycles. The number of carbonyl (C=O) groups excluding carboxylic acids is 1. The molecule has 32 heavy (non-hydrogen) atoms. The largest absolute Gasteiger partial charge is 0.469 e. The fraction of sp³-hybridized carbons (Fsp3) is 0.148. The normalized spacial score (nSPS) is 10.7.